The molecule has 0 spiro atoms. The van der Waals surface area contributed by atoms with Crippen molar-refractivity contribution in [1.82, 2.24) is 9.97 Å². The second-order valence-corrected chi connectivity index (χ2v) is 4.01. The van der Waals surface area contributed by atoms with Crippen LogP contribution in [0.1, 0.15) is 10.5 Å². The van der Waals surface area contributed by atoms with E-state index in [0.717, 1.165) is 11.3 Å². The van der Waals surface area contributed by atoms with Gasteiger partial charge in [-0.3, -0.25) is 0 Å². The summed E-state index contributed by atoms with van der Waals surface area (Å²) in [5, 5.41) is 8.32. The van der Waals surface area contributed by atoms with E-state index in [0.29, 0.717) is 0 Å². The number of pyridine rings is 2. The van der Waals surface area contributed by atoms with E-state index in [9.17, 15) is 4.79 Å². The number of hydrogen-bond donors (Lipinski definition) is 1. The maximum atomic E-state index is 10.1. The minimum absolute atomic E-state index is 0. The molecule has 0 aliphatic carbocycles. The summed E-state index contributed by atoms with van der Waals surface area (Å²) in [6.07, 6.45) is 3.24. The first-order valence-electron chi connectivity index (χ1n) is 6.30. The topological polar surface area (TPSA) is 63.1 Å². The zero-order chi connectivity index (χ0) is 14.9. The molecule has 0 unspecified atom stereocenters. The Labute approximate surface area is 142 Å². The largest absolute Gasteiger partial charge is 0.477 e. The van der Waals surface area contributed by atoms with Gasteiger partial charge >= 0.3 is 5.97 Å². The molecule has 1 radical (unpaired) electrons. The number of carboxylic acid groups (broad SMARTS) is 1. The van der Waals surface area contributed by atoms with Crippen LogP contribution in [-0.2, 0) is 20.1 Å². The van der Waals surface area contributed by atoms with Crippen LogP contribution in [-0.4, -0.2) is 21.0 Å². The molecule has 5 heteroatoms. The molecule has 0 aliphatic rings. The van der Waals surface area contributed by atoms with Gasteiger partial charge in [-0.1, -0.05) is 18.2 Å². The number of aromatic nitrogens is 2. The second-order valence-electron chi connectivity index (χ2n) is 4.01. The number of hydrogen-bond acceptors (Lipinski definition) is 3. The molecule has 3 aromatic rings. The Kier molecular flexibility index (Phi) is 7.68. The minimum Gasteiger partial charge on any atom is -0.477 e. The van der Waals surface area contributed by atoms with Crippen molar-refractivity contribution >= 4 is 5.97 Å². The molecule has 113 valence electrons. The maximum Gasteiger partial charge on any atom is 0.354 e. The number of nitrogens with zero attached hydrogens (tertiary/aromatic N) is 2. The summed E-state index contributed by atoms with van der Waals surface area (Å²) < 4.78 is 0. The predicted molar refractivity (Wildman–Crippen MR) is 79.7 cm³/mol. The van der Waals surface area contributed by atoms with E-state index >= 15 is 0 Å². The van der Waals surface area contributed by atoms with Gasteiger partial charge in [0.2, 0.25) is 0 Å². The fraction of sp³-hybridized carbons (Fsp3) is 0. The van der Waals surface area contributed by atoms with Crippen molar-refractivity contribution in [1.29, 1.82) is 0 Å². The third-order valence-corrected chi connectivity index (χ3v) is 2.53. The Morgan fingerprint density at radius 2 is 1.59 bits per heavy atom. The van der Waals surface area contributed by atoms with Crippen LogP contribution < -0.4 is 0 Å². The summed E-state index contributed by atoms with van der Waals surface area (Å²) in [6.45, 7) is 0. The third-order valence-electron chi connectivity index (χ3n) is 2.53. The van der Waals surface area contributed by atoms with Gasteiger partial charge in [-0.25, -0.2) is 9.78 Å². The summed E-state index contributed by atoms with van der Waals surface area (Å²) in [5.74, 6) is -0.990. The zero-order valence-corrected chi connectivity index (χ0v) is 13.9. The Bertz CT molecular complexity index is 639. The molecule has 3 rings (SSSR count). The number of benzene rings is 1. The molecular formula is C17H13IrN2O2-. The molecule has 2 aromatic heterocycles. The average Bonchev–Trinajstić information content (AvgIpc) is 2.58. The Morgan fingerprint density at radius 1 is 0.909 bits per heavy atom. The fourth-order valence-corrected chi connectivity index (χ4v) is 1.56. The molecule has 0 saturated carbocycles. The van der Waals surface area contributed by atoms with Crippen molar-refractivity contribution in [3.8, 4) is 11.3 Å². The van der Waals surface area contributed by atoms with E-state index in [4.69, 9.17) is 5.11 Å². The van der Waals surface area contributed by atoms with Crippen LogP contribution in [0, 0.1) is 6.07 Å². The Balaban J connectivity index is 0.000000219. The maximum absolute atomic E-state index is 10.1. The summed E-state index contributed by atoms with van der Waals surface area (Å²) in [6, 6.07) is 21.6. The van der Waals surface area contributed by atoms with Crippen molar-refractivity contribution in [2.45, 2.75) is 0 Å². The zero-order valence-electron chi connectivity index (χ0n) is 11.5. The summed E-state index contributed by atoms with van der Waals surface area (Å²) >= 11 is 0. The van der Waals surface area contributed by atoms with Crippen LogP contribution in [0.5, 0.6) is 0 Å². The fourth-order valence-electron chi connectivity index (χ4n) is 1.56. The molecule has 4 nitrogen and oxygen atoms in total. The quantitative estimate of drug-likeness (QED) is 0.585. The normalized spacial score (nSPS) is 8.91. The standard InChI is InChI=1S/C11H8N.C6H5NO2.Ir/c1-2-6-10(7-3-1)11-8-4-5-9-12-11;8-6(9)5-3-1-2-4-7-5;/h1-6,8-9H;1-4H,(H,8,9);/q-1;;. The van der Waals surface area contributed by atoms with E-state index in [2.05, 4.69) is 16.0 Å². The monoisotopic (exact) mass is 470 g/mol. The van der Waals surface area contributed by atoms with Crippen molar-refractivity contribution < 1.29 is 30.0 Å². The van der Waals surface area contributed by atoms with E-state index in [-0.39, 0.29) is 25.8 Å². The van der Waals surface area contributed by atoms with Crippen LogP contribution in [0.15, 0.2) is 73.1 Å². The van der Waals surface area contributed by atoms with Gasteiger partial charge in [0.25, 0.3) is 0 Å². The molecule has 0 saturated heterocycles. The van der Waals surface area contributed by atoms with Gasteiger partial charge in [0.05, 0.1) is 0 Å². The molecule has 0 amide bonds. The molecular weight excluding hydrogens is 456 g/mol. The summed E-state index contributed by atoms with van der Waals surface area (Å²) in [7, 11) is 0. The van der Waals surface area contributed by atoms with Gasteiger partial charge in [-0.2, -0.15) is 0 Å². The van der Waals surface area contributed by atoms with Gasteiger partial charge in [0.15, 0.2) is 0 Å². The van der Waals surface area contributed by atoms with Crippen molar-refractivity contribution in [3.05, 3.63) is 84.8 Å². The molecule has 1 aromatic carbocycles. The number of carbonyl (C=O) groups is 1. The van der Waals surface area contributed by atoms with Crippen LogP contribution in [0.3, 0.4) is 0 Å². The smallest absolute Gasteiger partial charge is 0.354 e. The van der Waals surface area contributed by atoms with Gasteiger partial charge in [0, 0.05) is 32.5 Å². The predicted octanol–water partition coefficient (Wildman–Crippen LogP) is 3.33. The van der Waals surface area contributed by atoms with E-state index in [1.54, 1.807) is 18.3 Å². The van der Waals surface area contributed by atoms with Gasteiger partial charge in [-0.05, 0) is 23.9 Å². The van der Waals surface area contributed by atoms with E-state index < -0.39 is 5.97 Å². The molecule has 1 N–H and O–H groups in total. The Morgan fingerprint density at radius 3 is 2.05 bits per heavy atom. The third kappa shape index (κ3) is 5.56. The second kappa shape index (κ2) is 9.55. The molecule has 0 aliphatic heterocycles. The Hall–Kier alpha value is -2.36. The molecule has 0 fully saturated rings. The van der Waals surface area contributed by atoms with Crippen LogP contribution in [0.2, 0.25) is 0 Å². The van der Waals surface area contributed by atoms with E-state index in [1.807, 2.05) is 42.5 Å². The summed E-state index contributed by atoms with van der Waals surface area (Å²) in [5.41, 5.74) is 2.09. The molecule has 0 bridgehead atoms. The molecule has 2 heterocycles. The van der Waals surface area contributed by atoms with Crippen molar-refractivity contribution in [3.63, 3.8) is 0 Å². The first-order valence-corrected chi connectivity index (χ1v) is 6.30. The molecule has 0 atom stereocenters. The van der Waals surface area contributed by atoms with Crippen LogP contribution >= 0.6 is 0 Å². The van der Waals surface area contributed by atoms with Gasteiger partial charge < -0.3 is 10.1 Å². The van der Waals surface area contributed by atoms with Crippen molar-refractivity contribution in [2.75, 3.05) is 0 Å². The SMILES string of the molecule is O=C(O)c1ccccn1.[Ir].[c-]1ccccc1-c1ccccn1. The molecule has 22 heavy (non-hydrogen) atoms. The first kappa shape index (κ1) is 17.7. The van der Waals surface area contributed by atoms with Gasteiger partial charge in [0.1, 0.15) is 5.69 Å². The average molecular weight is 470 g/mol. The van der Waals surface area contributed by atoms with Crippen LogP contribution in [0.25, 0.3) is 11.3 Å². The van der Waals surface area contributed by atoms with Crippen molar-refractivity contribution in [2.24, 2.45) is 0 Å². The number of aromatic carboxylic acids is 1. The number of rotatable bonds is 2. The van der Waals surface area contributed by atoms with E-state index in [1.165, 1.54) is 12.3 Å². The first-order chi connectivity index (χ1) is 10.3. The minimum atomic E-state index is -0.990. The number of carboxylic acids is 1. The summed E-state index contributed by atoms with van der Waals surface area (Å²) in [4.78, 5) is 17.9. The van der Waals surface area contributed by atoms with Gasteiger partial charge in [-0.15, -0.1) is 35.9 Å². The van der Waals surface area contributed by atoms with Crippen LogP contribution in [0.4, 0.5) is 0 Å².